The Labute approximate surface area is 221 Å². The third-order valence-electron chi connectivity index (χ3n) is 8.83. The van der Waals surface area contributed by atoms with Crippen LogP contribution in [0, 0.1) is 17.7 Å². The van der Waals surface area contributed by atoms with Crippen molar-refractivity contribution in [1.82, 2.24) is 0 Å². The molecule has 194 valence electrons. The predicted octanol–water partition coefficient (Wildman–Crippen LogP) is 10.4. The van der Waals surface area contributed by atoms with Crippen LogP contribution >= 0.6 is 11.3 Å². The van der Waals surface area contributed by atoms with Crippen molar-refractivity contribution in [1.29, 1.82) is 0 Å². The average molecular weight is 507 g/mol. The highest BCUT2D eigenvalue weighted by molar-refractivity contribution is 7.19. The van der Waals surface area contributed by atoms with Gasteiger partial charge in [-0.15, -0.1) is 11.3 Å². The minimum atomic E-state index is 0.00722. The summed E-state index contributed by atoms with van der Waals surface area (Å²) >= 11 is 1.94. The van der Waals surface area contributed by atoms with E-state index in [4.69, 9.17) is 4.74 Å². The maximum atomic E-state index is 14.8. The van der Waals surface area contributed by atoms with Crippen LogP contribution in [0.1, 0.15) is 112 Å². The molecular weight excluding hydrogens is 463 g/mol. The largest absolute Gasteiger partial charge is 0.493 e. The van der Waals surface area contributed by atoms with Crippen LogP contribution < -0.4 is 4.74 Å². The summed E-state index contributed by atoms with van der Waals surface area (Å²) in [4.78, 5) is 1.49. The topological polar surface area (TPSA) is 9.23 Å². The fourth-order valence-electron chi connectivity index (χ4n) is 6.67. The van der Waals surface area contributed by atoms with E-state index >= 15 is 0 Å². The number of aryl methyl sites for hydroxylation is 1. The van der Waals surface area contributed by atoms with Crippen molar-refractivity contribution in [3.63, 3.8) is 0 Å². The Morgan fingerprint density at radius 1 is 0.806 bits per heavy atom. The first-order chi connectivity index (χ1) is 17.6. The summed E-state index contributed by atoms with van der Waals surface area (Å²) < 4.78 is 22.4. The summed E-state index contributed by atoms with van der Waals surface area (Å²) in [5, 5.41) is 1.34. The van der Waals surface area contributed by atoms with E-state index in [1.165, 1.54) is 53.5 Å². The van der Waals surface area contributed by atoms with Crippen molar-refractivity contribution in [3.8, 4) is 5.75 Å². The van der Waals surface area contributed by atoms with Crippen LogP contribution in [-0.4, -0.2) is 6.61 Å². The van der Waals surface area contributed by atoms with Crippen molar-refractivity contribution < 1.29 is 9.13 Å². The van der Waals surface area contributed by atoms with Crippen LogP contribution in [0.15, 0.2) is 42.5 Å². The number of benzene rings is 2. The second-order valence-electron chi connectivity index (χ2n) is 11.5. The van der Waals surface area contributed by atoms with Gasteiger partial charge in [0.15, 0.2) is 0 Å². The van der Waals surface area contributed by atoms with E-state index in [0.29, 0.717) is 11.8 Å². The van der Waals surface area contributed by atoms with Crippen LogP contribution in [-0.2, 0) is 6.42 Å². The minimum absolute atomic E-state index is 0.00722. The zero-order valence-electron chi connectivity index (χ0n) is 22.2. The zero-order chi connectivity index (χ0) is 24.9. The lowest BCUT2D eigenvalue weighted by molar-refractivity contribution is 0.179. The number of hydrogen-bond acceptors (Lipinski definition) is 2. The first-order valence-corrected chi connectivity index (χ1v) is 15.4. The first-order valence-electron chi connectivity index (χ1n) is 14.6. The molecule has 0 radical (unpaired) electrons. The molecule has 2 aromatic carbocycles. The van der Waals surface area contributed by atoms with E-state index in [2.05, 4.69) is 50.2 Å². The van der Waals surface area contributed by atoms with E-state index in [9.17, 15) is 4.39 Å². The Hall–Kier alpha value is -1.87. The van der Waals surface area contributed by atoms with E-state index in [-0.39, 0.29) is 5.82 Å². The second kappa shape index (κ2) is 12.1. The first kappa shape index (κ1) is 25.8. The lowest BCUT2D eigenvalue weighted by Gasteiger charge is -2.28. The average Bonchev–Trinajstić information content (AvgIpc) is 3.32. The van der Waals surface area contributed by atoms with Crippen molar-refractivity contribution in [2.75, 3.05) is 6.61 Å². The van der Waals surface area contributed by atoms with Crippen molar-refractivity contribution >= 4 is 21.4 Å². The van der Waals surface area contributed by atoms with E-state index in [0.717, 1.165) is 73.8 Å². The lowest BCUT2D eigenvalue weighted by Crippen LogP contribution is -2.20. The summed E-state index contributed by atoms with van der Waals surface area (Å²) in [5.74, 6) is 3.67. The number of thiophene rings is 1. The van der Waals surface area contributed by atoms with Gasteiger partial charge in [0, 0.05) is 9.58 Å². The molecule has 1 heterocycles. The van der Waals surface area contributed by atoms with Crippen molar-refractivity contribution in [2.45, 2.75) is 103 Å². The molecule has 0 atom stereocenters. The van der Waals surface area contributed by atoms with E-state index in [1.54, 1.807) is 6.07 Å². The number of hydrogen-bond donors (Lipinski definition) is 0. The Morgan fingerprint density at radius 3 is 2.28 bits per heavy atom. The fraction of sp³-hybridized carbons (Fsp3) is 0.576. The predicted molar refractivity (Wildman–Crippen MR) is 152 cm³/mol. The number of halogens is 1. The van der Waals surface area contributed by atoms with Gasteiger partial charge in [0.05, 0.1) is 6.61 Å². The smallest absolute Gasteiger partial charge is 0.126 e. The molecule has 2 aliphatic carbocycles. The Balaban J connectivity index is 1.15. The normalized spacial score (nSPS) is 24.8. The molecule has 0 amide bonds. The van der Waals surface area contributed by atoms with Crippen LogP contribution in [0.3, 0.4) is 0 Å². The number of fused-ring (bicyclic) bond motifs is 1. The van der Waals surface area contributed by atoms with Gasteiger partial charge in [0.25, 0.3) is 0 Å². The van der Waals surface area contributed by atoms with Gasteiger partial charge in [-0.2, -0.15) is 0 Å². The SMILES string of the molecule is CCCc1ccc(C2CCC(c3cc4ccc(OCC5CCC(CCC)CC5)cc4s3)CC2)c(F)c1. The minimum Gasteiger partial charge on any atom is -0.493 e. The second-order valence-corrected chi connectivity index (χ2v) is 12.6. The molecule has 1 nitrogen and oxygen atoms in total. The van der Waals surface area contributed by atoms with Gasteiger partial charge in [0.2, 0.25) is 0 Å². The molecule has 36 heavy (non-hydrogen) atoms. The number of rotatable bonds is 9. The molecule has 0 aliphatic heterocycles. The van der Waals surface area contributed by atoms with Gasteiger partial charge in [0.1, 0.15) is 11.6 Å². The van der Waals surface area contributed by atoms with Crippen LogP contribution in [0.5, 0.6) is 5.75 Å². The highest BCUT2D eigenvalue weighted by Crippen LogP contribution is 2.44. The van der Waals surface area contributed by atoms with Gasteiger partial charge >= 0.3 is 0 Å². The highest BCUT2D eigenvalue weighted by Gasteiger charge is 2.26. The van der Waals surface area contributed by atoms with Crippen LogP contribution in [0.25, 0.3) is 10.1 Å². The summed E-state index contributed by atoms with van der Waals surface area (Å²) in [7, 11) is 0. The molecule has 0 saturated heterocycles. The summed E-state index contributed by atoms with van der Waals surface area (Å²) in [6, 6.07) is 15.0. The summed E-state index contributed by atoms with van der Waals surface area (Å²) in [5.41, 5.74) is 2.06. The highest BCUT2D eigenvalue weighted by atomic mass is 32.1. The van der Waals surface area contributed by atoms with E-state index < -0.39 is 0 Å². The molecule has 2 aliphatic rings. The van der Waals surface area contributed by atoms with Gasteiger partial charge in [-0.25, -0.2) is 4.39 Å². The lowest BCUT2D eigenvalue weighted by atomic mass is 9.78. The maximum Gasteiger partial charge on any atom is 0.126 e. The maximum absolute atomic E-state index is 14.8. The van der Waals surface area contributed by atoms with Gasteiger partial charge in [-0.1, -0.05) is 58.1 Å². The summed E-state index contributed by atoms with van der Waals surface area (Å²) in [6.45, 7) is 5.32. The Morgan fingerprint density at radius 2 is 1.56 bits per heavy atom. The van der Waals surface area contributed by atoms with Crippen molar-refractivity contribution in [3.05, 3.63) is 64.3 Å². The third-order valence-corrected chi connectivity index (χ3v) is 10.1. The molecule has 0 unspecified atom stereocenters. The van der Waals surface area contributed by atoms with Gasteiger partial charge in [-0.05, 0) is 115 Å². The summed E-state index contributed by atoms with van der Waals surface area (Å²) in [6.07, 6.45) is 14.6. The monoisotopic (exact) mass is 506 g/mol. The Bertz CT molecular complexity index is 1120. The van der Waals surface area contributed by atoms with Gasteiger partial charge in [-0.3, -0.25) is 0 Å². The molecule has 1 aromatic heterocycles. The molecule has 0 spiro atoms. The van der Waals surface area contributed by atoms with Crippen LogP contribution in [0.2, 0.25) is 0 Å². The molecular formula is C33H43FOS. The molecule has 2 fully saturated rings. The van der Waals surface area contributed by atoms with Crippen molar-refractivity contribution in [2.24, 2.45) is 11.8 Å². The Kier molecular flexibility index (Phi) is 8.67. The molecule has 2 saturated carbocycles. The third kappa shape index (κ3) is 6.15. The molecule has 0 bridgehead atoms. The fourth-order valence-corrected chi connectivity index (χ4v) is 7.93. The zero-order valence-corrected chi connectivity index (χ0v) is 23.1. The molecule has 3 heteroatoms. The van der Waals surface area contributed by atoms with E-state index in [1.807, 2.05) is 11.3 Å². The van der Waals surface area contributed by atoms with Gasteiger partial charge < -0.3 is 4.74 Å². The number of ether oxygens (including phenoxy) is 1. The quantitative estimate of drug-likeness (QED) is 0.280. The standard InChI is InChI=1S/C33H43FOS/c1-3-5-23-7-9-25(10-8-23)22-35-29-17-16-28-20-32(36-33(28)21-29)27-14-12-26(13-15-27)30-18-11-24(6-4-2)19-31(30)34/h11,16-21,23,25-27H,3-10,12-15,22H2,1-2H3. The molecule has 5 rings (SSSR count). The van der Waals surface area contributed by atoms with Crippen LogP contribution in [0.4, 0.5) is 4.39 Å². The molecule has 0 N–H and O–H groups in total. The molecule has 3 aromatic rings.